The maximum atomic E-state index is 12.7. The van der Waals surface area contributed by atoms with Gasteiger partial charge in [0, 0.05) is 38.4 Å². The summed E-state index contributed by atoms with van der Waals surface area (Å²) >= 11 is 0. The average Bonchev–Trinajstić information content (AvgIpc) is 3.29. The number of hydrogen-bond donors (Lipinski definition) is 0. The number of carbonyl (C=O) groups is 1. The lowest BCUT2D eigenvalue weighted by atomic mass is 10.1. The monoisotopic (exact) mass is 379 g/mol. The largest absolute Gasteiger partial charge is 0.497 e. The summed E-state index contributed by atoms with van der Waals surface area (Å²) in [4.78, 5) is 21.1. The first-order valence-corrected chi connectivity index (χ1v) is 9.08. The van der Waals surface area contributed by atoms with Crippen molar-refractivity contribution in [3.63, 3.8) is 0 Å². The molecule has 0 N–H and O–H groups in total. The zero-order chi connectivity index (χ0) is 19.3. The predicted octanol–water partition coefficient (Wildman–Crippen LogP) is 0.957. The van der Waals surface area contributed by atoms with Crippen LogP contribution in [0.3, 0.4) is 0 Å². The first-order valence-electron chi connectivity index (χ1n) is 9.08. The molecule has 0 bridgehead atoms. The minimum atomic E-state index is 0.133. The van der Waals surface area contributed by atoms with Crippen LogP contribution in [0.5, 0.6) is 5.75 Å². The molecule has 0 saturated carbocycles. The molecule has 1 aliphatic heterocycles. The van der Waals surface area contributed by atoms with Gasteiger partial charge in [0.15, 0.2) is 0 Å². The van der Waals surface area contributed by atoms with Gasteiger partial charge in [0.2, 0.25) is 5.91 Å². The van der Waals surface area contributed by atoms with E-state index in [9.17, 15) is 4.79 Å². The minimum Gasteiger partial charge on any atom is -0.497 e. The second kappa shape index (κ2) is 8.03. The Morgan fingerprint density at radius 1 is 1.11 bits per heavy atom. The highest BCUT2D eigenvalue weighted by Crippen LogP contribution is 2.19. The van der Waals surface area contributed by atoms with Crippen LogP contribution in [0.15, 0.2) is 48.9 Å². The molecule has 0 spiro atoms. The number of piperazine rings is 1. The van der Waals surface area contributed by atoms with Crippen molar-refractivity contribution in [2.24, 2.45) is 0 Å². The topological polar surface area (TPSA) is 89.3 Å². The van der Waals surface area contributed by atoms with Gasteiger partial charge in [-0.15, -0.1) is 5.10 Å². The van der Waals surface area contributed by atoms with Crippen molar-refractivity contribution >= 4 is 11.7 Å². The lowest BCUT2D eigenvalue weighted by molar-refractivity contribution is -0.130. The Kier molecular flexibility index (Phi) is 5.14. The molecule has 4 rings (SSSR count). The number of hydrogen-bond acceptors (Lipinski definition) is 7. The van der Waals surface area contributed by atoms with Gasteiger partial charge in [-0.3, -0.25) is 4.79 Å². The van der Waals surface area contributed by atoms with Crippen molar-refractivity contribution in [2.45, 2.75) is 6.42 Å². The fourth-order valence-corrected chi connectivity index (χ4v) is 3.22. The first-order chi connectivity index (χ1) is 13.7. The van der Waals surface area contributed by atoms with E-state index in [1.165, 1.54) is 6.33 Å². The molecule has 9 nitrogen and oxygen atoms in total. The Balaban J connectivity index is 1.32. The number of carbonyl (C=O) groups excluding carboxylic acids is 1. The molecule has 144 valence electrons. The van der Waals surface area contributed by atoms with Crippen molar-refractivity contribution in [3.8, 4) is 11.4 Å². The van der Waals surface area contributed by atoms with Gasteiger partial charge in [0.1, 0.15) is 17.9 Å². The third kappa shape index (κ3) is 3.93. The highest BCUT2D eigenvalue weighted by molar-refractivity contribution is 5.79. The van der Waals surface area contributed by atoms with Gasteiger partial charge >= 0.3 is 0 Å². The normalized spacial score (nSPS) is 14.2. The first kappa shape index (κ1) is 17.9. The molecule has 28 heavy (non-hydrogen) atoms. The third-order valence-electron chi connectivity index (χ3n) is 4.81. The maximum absolute atomic E-state index is 12.7. The van der Waals surface area contributed by atoms with Crippen LogP contribution in [-0.2, 0) is 11.2 Å². The second-order valence-corrected chi connectivity index (χ2v) is 6.52. The summed E-state index contributed by atoms with van der Waals surface area (Å²) < 4.78 is 6.84. The molecule has 0 unspecified atom stereocenters. The van der Waals surface area contributed by atoms with Crippen LogP contribution in [0.25, 0.3) is 5.69 Å². The van der Waals surface area contributed by atoms with Crippen molar-refractivity contribution in [2.75, 3.05) is 38.2 Å². The fourth-order valence-electron chi connectivity index (χ4n) is 3.22. The number of methoxy groups -OCH3 is 1. The van der Waals surface area contributed by atoms with Crippen molar-refractivity contribution in [1.29, 1.82) is 0 Å². The van der Waals surface area contributed by atoms with Gasteiger partial charge in [0.25, 0.3) is 0 Å². The van der Waals surface area contributed by atoms with Crippen LogP contribution >= 0.6 is 0 Å². The Bertz CT molecular complexity index is 920. The van der Waals surface area contributed by atoms with Gasteiger partial charge in [-0.25, -0.2) is 9.67 Å². The van der Waals surface area contributed by atoms with E-state index < -0.39 is 0 Å². The SMILES string of the molecule is COc1ccnc(N2CCN(C(=O)Cc3ccc(-n4cnnn4)cc3)CC2)c1. The summed E-state index contributed by atoms with van der Waals surface area (Å²) in [6.45, 7) is 2.87. The van der Waals surface area contributed by atoms with Crippen LogP contribution in [0.4, 0.5) is 5.82 Å². The lowest BCUT2D eigenvalue weighted by Gasteiger charge is -2.35. The van der Waals surface area contributed by atoms with E-state index >= 15 is 0 Å². The molecule has 3 heterocycles. The summed E-state index contributed by atoms with van der Waals surface area (Å²) in [5.74, 6) is 1.80. The Hall–Kier alpha value is -3.49. The van der Waals surface area contributed by atoms with E-state index in [-0.39, 0.29) is 5.91 Å². The molecule has 0 atom stereocenters. The highest BCUT2D eigenvalue weighted by atomic mass is 16.5. The molecule has 1 fully saturated rings. The van der Waals surface area contributed by atoms with Crippen LogP contribution in [0, 0.1) is 0 Å². The summed E-state index contributed by atoms with van der Waals surface area (Å²) in [6, 6.07) is 11.4. The van der Waals surface area contributed by atoms with Gasteiger partial charge in [-0.1, -0.05) is 12.1 Å². The number of rotatable bonds is 5. The smallest absolute Gasteiger partial charge is 0.227 e. The predicted molar refractivity (Wildman–Crippen MR) is 102 cm³/mol. The molecular formula is C19H21N7O2. The van der Waals surface area contributed by atoms with Crippen LogP contribution in [-0.4, -0.2) is 69.3 Å². The second-order valence-electron chi connectivity index (χ2n) is 6.52. The molecule has 3 aromatic rings. The summed E-state index contributed by atoms with van der Waals surface area (Å²) in [5, 5.41) is 11.1. The number of amides is 1. The molecule has 0 radical (unpaired) electrons. The standard InChI is InChI=1S/C19H21N7O2/c1-28-17-6-7-20-18(13-17)24-8-10-25(11-9-24)19(27)12-15-2-4-16(5-3-15)26-14-21-22-23-26/h2-7,13-14H,8-12H2,1H3. The van der Waals surface area contributed by atoms with E-state index in [0.29, 0.717) is 19.5 Å². The van der Waals surface area contributed by atoms with Gasteiger partial charge in [-0.2, -0.15) is 0 Å². The molecular weight excluding hydrogens is 358 g/mol. The highest BCUT2D eigenvalue weighted by Gasteiger charge is 2.22. The van der Waals surface area contributed by atoms with Crippen LogP contribution in [0.2, 0.25) is 0 Å². The zero-order valence-corrected chi connectivity index (χ0v) is 15.6. The molecule has 1 aliphatic rings. The number of nitrogens with zero attached hydrogens (tertiary/aromatic N) is 7. The van der Waals surface area contributed by atoms with Gasteiger partial charge in [-0.05, 0) is 34.2 Å². The van der Waals surface area contributed by atoms with Crippen molar-refractivity contribution in [3.05, 3.63) is 54.5 Å². The van der Waals surface area contributed by atoms with Gasteiger partial charge in [0.05, 0.1) is 19.2 Å². The minimum absolute atomic E-state index is 0.133. The van der Waals surface area contributed by atoms with Crippen LogP contribution in [0.1, 0.15) is 5.56 Å². The van der Waals surface area contributed by atoms with E-state index in [1.54, 1.807) is 18.0 Å². The number of tetrazole rings is 1. The van der Waals surface area contributed by atoms with Gasteiger partial charge < -0.3 is 14.5 Å². The fraction of sp³-hybridized carbons (Fsp3) is 0.316. The third-order valence-corrected chi connectivity index (χ3v) is 4.81. The average molecular weight is 379 g/mol. The number of anilines is 1. The zero-order valence-electron chi connectivity index (χ0n) is 15.6. The van der Waals surface area contributed by atoms with E-state index in [4.69, 9.17) is 4.74 Å². The number of benzene rings is 1. The maximum Gasteiger partial charge on any atom is 0.227 e. The van der Waals surface area contributed by atoms with Crippen molar-refractivity contribution in [1.82, 2.24) is 30.1 Å². The molecule has 9 heteroatoms. The molecule has 2 aromatic heterocycles. The molecule has 1 aromatic carbocycles. The number of pyridine rings is 1. The summed E-state index contributed by atoms with van der Waals surface area (Å²) in [6.07, 6.45) is 3.66. The summed E-state index contributed by atoms with van der Waals surface area (Å²) in [7, 11) is 1.64. The number of aromatic nitrogens is 5. The van der Waals surface area contributed by atoms with Crippen LogP contribution < -0.4 is 9.64 Å². The van der Waals surface area contributed by atoms with E-state index in [2.05, 4.69) is 25.4 Å². The number of ether oxygens (including phenoxy) is 1. The summed E-state index contributed by atoms with van der Waals surface area (Å²) in [5.41, 5.74) is 1.83. The lowest BCUT2D eigenvalue weighted by Crippen LogP contribution is -2.49. The van der Waals surface area contributed by atoms with E-state index in [1.807, 2.05) is 41.3 Å². The van der Waals surface area contributed by atoms with E-state index in [0.717, 1.165) is 35.9 Å². The quantitative estimate of drug-likeness (QED) is 0.652. The molecule has 1 saturated heterocycles. The molecule has 1 amide bonds. The Labute approximate surface area is 162 Å². The Morgan fingerprint density at radius 3 is 2.57 bits per heavy atom. The van der Waals surface area contributed by atoms with Crippen molar-refractivity contribution < 1.29 is 9.53 Å². The molecule has 0 aliphatic carbocycles. The Morgan fingerprint density at radius 2 is 1.89 bits per heavy atom.